The largest absolute Gasteiger partial charge is 0.444 e. The molecule has 1 fully saturated rings. The molecule has 0 radical (unpaired) electrons. The lowest BCUT2D eigenvalue weighted by Gasteiger charge is -2.26. The van der Waals surface area contributed by atoms with Gasteiger partial charge in [0, 0.05) is 24.0 Å². The maximum absolute atomic E-state index is 12.2. The van der Waals surface area contributed by atoms with Crippen LogP contribution in [0.4, 0.5) is 4.79 Å². The monoisotopic (exact) mass is 388 g/mol. The first-order valence-corrected chi connectivity index (χ1v) is 9.29. The van der Waals surface area contributed by atoms with Crippen molar-refractivity contribution in [1.29, 1.82) is 0 Å². The Morgan fingerprint density at radius 3 is 2.82 bits per heavy atom. The highest BCUT2D eigenvalue weighted by Gasteiger charge is 2.33. The van der Waals surface area contributed by atoms with Crippen LogP contribution in [0.2, 0.25) is 0 Å². The Morgan fingerprint density at radius 2 is 2.27 bits per heavy atom. The van der Waals surface area contributed by atoms with Gasteiger partial charge >= 0.3 is 6.09 Å². The predicted molar refractivity (Wildman–Crippen MR) is 94.5 cm³/mol. The van der Waals surface area contributed by atoms with Crippen molar-refractivity contribution in [1.82, 2.24) is 10.2 Å². The Balaban J connectivity index is 1.91. The van der Waals surface area contributed by atoms with Crippen LogP contribution in [0.5, 0.6) is 0 Å². The van der Waals surface area contributed by atoms with Crippen LogP contribution in [0.15, 0.2) is 15.9 Å². The molecule has 0 saturated carbocycles. The highest BCUT2D eigenvalue weighted by Crippen LogP contribution is 2.27. The molecule has 22 heavy (non-hydrogen) atoms. The molecular weight excluding hydrogens is 364 g/mol. The van der Waals surface area contributed by atoms with Gasteiger partial charge < -0.3 is 15.0 Å². The summed E-state index contributed by atoms with van der Waals surface area (Å²) in [5, 5.41) is 3.42. The first-order chi connectivity index (χ1) is 10.3. The van der Waals surface area contributed by atoms with E-state index in [1.54, 1.807) is 11.3 Å². The van der Waals surface area contributed by atoms with E-state index < -0.39 is 5.60 Å². The second-order valence-electron chi connectivity index (χ2n) is 6.78. The van der Waals surface area contributed by atoms with Crippen molar-refractivity contribution in [3.63, 3.8) is 0 Å². The van der Waals surface area contributed by atoms with Gasteiger partial charge in [-0.15, -0.1) is 11.3 Å². The second kappa shape index (κ2) is 7.32. The molecule has 124 valence electrons. The summed E-state index contributed by atoms with van der Waals surface area (Å²) < 4.78 is 6.63. The molecule has 2 heterocycles. The van der Waals surface area contributed by atoms with E-state index in [1.807, 2.05) is 32.7 Å². The summed E-state index contributed by atoms with van der Waals surface area (Å²) in [6, 6.07) is 4.65. The number of likely N-dealkylation sites (tertiary alicyclic amines) is 1. The van der Waals surface area contributed by atoms with Crippen molar-refractivity contribution in [2.45, 2.75) is 45.3 Å². The topological polar surface area (TPSA) is 41.6 Å². The molecule has 1 amide bonds. The van der Waals surface area contributed by atoms with Crippen molar-refractivity contribution in [2.75, 3.05) is 20.1 Å². The van der Waals surface area contributed by atoms with Crippen LogP contribution < -0.4 is 5.32 Å². The minimum absolute atomic E-state index is 0.191. The molecule has 1 saturated heterocycles. The summed E-state index contributed by atoms with van der Waals surface area (Å²) >= 11 is 5.29. The van der Waals surface area contributed by atoms with Crippen LogP contribution >= 0.6 is 27.3 Å². The molecule has 1 aliphatic rings. The van der Waals surface area contributed by atoms with Crippen molar-refractivity contribution in [3.05, 3.63) is 20.8 Å². The van der Waals surface area contributed by atoms with Crippen molar-refractivity contribution >= 4 is 33.4 Å². The molecule has 1 aliphatic heterocycles. The van der Waals surface area contributed by atoms with Gasteiger partial charge in [-0.05, 0) is 74.6 Å². The number of ether oxygens (including phenoxy) is 1. The average molecular weight is 389 g/mol. The zero-order valence-corrected chi connectivity index (χ0v) is 16.1. The zero-order valence-electron chi connectivity index (χ0n) is 13.7. The van der Waals surface area contributed by atoms with Crippen LogP contribution in [-0.4, -0.2) is 42.8 Å². The lowest BCUT2D eigenvalue weighted by atomic mass is 9.95. The van der Waals surface area contributed by atoms with Crippen molar-refractivity contribution in [2.24, 2.45) is 5.92 Å². The van der Waals surface area contributed by atoms with Crippen LogP contribution in [0.25, 0.3) is 0 Å². The van der Waals surface area contributed by atoms with Gasteiger partial charge in [0.2, 0.25) is 0 Å². The summed E-state index contributed by atoms with van der Waals surface area (Å²) in [7, 11) is 2.00. The minimum Gasteiger partial charge on any atom is -0.444 e. The molecule has 0 spiro atoms. The Bertz CT molecular complexity index is 512. The Hall–Kier alpha value is -0.590. The van der Waals surface area contributed by atoms with Gasteiger partial charge in [-0.3, -0.25) is 0 Å². The fourth-order valence-corrected chi connectivity index (χ4v) is 4.33. The molecule has 0 aromatic carbocycles. The molecule has 1 aromatic heterocycles. The van der Waals surface area contributed by atoms with Crippen molar-refractivity contribution < 1.29 is 9.53 Å². The van der Waals surface area contributed by atoms with Crippen LogP contribution in [0.1, 0.15) is 32.1 Å². The Labute approximate surface area is 145 Å². The lowest BCUT2D eigenvalue weighted by Crippen LogP contribution is -2.39. The third-order valence-corrected chi connectivity index (χ3v) is 5.51. The van der Waals surface area contributed by atoms with Gasteiger partial charge in [0.15, 0.2) is 0 Å². The molecule has 0 aliphatic carbocycles. The number of thiophene rings is 1. The lowest BCUT2D eigenvalue weighted by molar-refractivity contribution is 0.0285. The molecule has 4 nitrogen and oxygen atoms in total. The average Bonchev–Trinajstić information content (AvgIpc) is 3.03. The van der Waals surface area contributed by atoms with Gasteiger partial charge in [0.05, 0.1) is 3.79 Å². The summed E-state index contributed by atoms with van der Waals surface area (Å²) in [5.41, 5.74) is -0.430. The molecular formula is C16H25BrN2O2S. The quantitative estimate of drug-likeness (QED) is 0.849. The summed E-state index contributed by atoms with van der Waals surface area (Å²) in [5.74, 6) is 0.471. The number of halogens is 1. The van der Waals surface area contributed by atoms with E-state index in [0.717, 1.165) is 25.9 Å². The number of nitrogens with zero attached hydrogens (tertiary/aromatic N) is 1. The molecule has 2 atom stereocenters. The van der Waals surface area contributed by atoms with Gasteiger partial charge in [0.1, 0.15) is 5.60 Å². The maximum atomic E-state index is 12.2. The number of rotatable bonds is 4. The first kappa shape index (κ1) is 17.8. The van der Waals surface area contributed by atoms with Crippen LogP contribution in [0.3, 0.4) is 0 Å². The second-order valence-corrected chi connectivity index (χ2v) is 9.33. The highest BCUT2D eigenvalue weighted by atomic mass is 79.9. The van der Waals surface area contributed by atoms with Gasteiger partial charge in [-0.2, -0.15) is 0 Å². The molecule has 1 aromatic rings. The van der Waals surface area contributed by atoms with E-state index in [0.29, 0.717) is 12.0 Å². The molecule has 6 heteroatoms. The number of amides is 1. The number of hydrogen-bond donors (Lipinski definition) is 1. The van der Waals surface area contributed by atoms with Gasteiger partial charge in [-0.1, -0.05) is 0 Å². The normalized spacial score (nSPS) is 20.2. The Morgan fingerprint density at radius 1 is 1.55 bits per heavy atom. The van der Waals surface area contributed by atoms with Crippen LogP contribution in [0, 0.1) is 5.92 Å². The number of carbonyl (C=O) groups excluding carboxylic acids is 1. The third-order valence-electron chi connectivity index (χ3n) is 3.87. The fourth-order valence-electron chi connectivity index (χ4n) is 2.79. The van der Waals surface area contributed by atoms with E-state index in [2.05, 4.69) is 33.4 Å². The van der Waals surface area contributed by atoms with Crippen LogP contribution in [-0.2, 0) is 11.2 Å². The van der Waals surface area contributed by atoms with Crippen molar-refractivity contribution in [3.8, 4) is 0 Å². The molecule has 2 unspecified atom stereocenters. The summed E-state index contributed by atoms with van der Waals surface area (Å²) in [6.45, 7) is 7.27. The maximum Gasteiger partial charge on any atom is 0.410 e. The first-order valence-electron chi connectivity index (χ1n) is 7.68. The number of likely N-dealkylation sites (N-methyl/N-ethyl adjacent to an activating group) is 1. The number of carbonyl (C=O) groups is 1. The summed E-state index contributed by atoms with van der Waals surface area (Å²) in [4.78, 5) is 15.4. The zero-order chi connectivity index (χ0) is 16.3. The van der Waals surface area contributed by atoms with E-state index >= 15 is 0 Å². The standard InChI is InChI=1S/C16H25BrN2O2S/c1-16(2,3)21-15(20)19-8-7-11(10-19)13(18-4)9-12-5-6-14(17)22-12/h5-6,11,13,18H,7-10H2,1-4H3. The van der Waals surface area contributed by atoms with Gasteiger partial charge in [-0.25, -0.2) is 4.79 Å². The number of nitrogens with one attached hydrogen (secondary N) is 1. The van der Waals surface area contributed by atoms with E-state index in [4.69, 9.17) is 4.74 Å². The SMILES string of the molecule is CNC(Cc1ccc(Br)s1)C1CCN(C(=O)OC(C)(C)C)C1. The smallest absolute Gasteiger partial charge is 0.410 e. The fraction of sp³-hybridized carbons (Fsp3) is 0.688. The van der Waals surface area contributed by atoms with E-state index in [-0.39, 0.29) is 6.09 Å². The van der Waals surface area contributed by atoms with E-state index in [9.17, 15) is 4.79 Å². The third kappa shape index (κ3) is 4.96. The van der Waals surface area contributed by atoms with E-state index in [1.165, 1.54) is 8.66 Å². The summed E-state index contributed by atoms with van der Waals surface area (Å²) in [6.07, 6.45) is 1.83. The minimum atomic E-state index is -0.430. The molecule has 1 N–H and O–H groups in total. The number of hydrogen-bond acceptors (Lipinski definition) is 4. The van der Waals surface area contributed by atoms with Gasteiger partial charge in [0.25, 0.3) is 0 Å². The predicted octanol–water partition coefficient (Wildman–Crippen LogP) is 3.90. The molecule has 0 bridgehead atoms. The Kier molecular flexibility index (Phi) is 5.91. The highest BCUT2D eigenvalue weighted by molar-refractivity contribution is 9.11. The molecule has 2 rings (SSSR count).